The lowest BCUT2D eigenvalue weighted by Crippen LogP contribution is -2.51. The van der Waals surface area contributed by atoms with Crippen molar-refractivity contribution >= 4 is 6.16 Å². The van der Waals surface area contributed by atoms with Gasteiger partial charge in [0.15, 0.2) is 0 Å². The zero-order valence-corrected chi connectivity index (χ0v) is 24.4. The number of hydrogen-bond donors (Lipinski definition) is 0. The summed E-state index contributed by atoms with van der Waals surface area (Å²) in [6.07, 6.45) is 18.1. The fourth-order valence-corrected chi connectivity index (χ4v) is 9.30. The van der Waals surface area contributed by atoms with Gasteiger partial charge in [-0.25, -0.2) is 4.79 Å². The maximum Gasteiger partial charge on any atom is 0.508 e. The van der Waals surface area contributed by atoms with Crippen molar-refractivity contribution in [2.45, 2.75) is 118 Å². The molecule has 0 radical (unpaired) electrons. The third kappa shape index (κ3) is 6.09. The van der Waals surface area contributed by atoms with Crippen molar-refractivity contribution in [3.8, 4) is 0 Å². The molecule has 4 aliphatic carbocycles. The van der Waals surface area contributed by atoms with Crippen molar-refractivity contribution in [2.75, 3.05) is 13.2 Å². The van der Waals surface area contributed by atoms with E-state index in [1.54, 1.807) is 5.57 Å². The molecule has 0 aromatic heterocycles. The van der Waals surface area contributed by atoms with Crippen molar-refractivity contribution in [1.29, 1.82) is 0 Å². The van der Waals surface area contributed by atoms with E-state index in [9.17, 15) is 4.79 Å². The topological polar surface area (TPSA) is 44.8 Å². The summed E-state index contributed by atoms with van der Waals surface area (Å²) in [6.45, 7) is 16.8. The summed E-state index contributed by atoms with van der Waals surface area (Å²) in [7, 11) is 0. The molecule has 0 amide bonds. The molecule has 4 nitrogen and oxygen atoms in total. The van der Waals surface area contributed by atoms with Gasteiger partial charge in [-0.2, -0.15) is 0 Å². The molecule has 0 bridgehead atoms. The number of allylic oxidation sites excluding steroid dienone is 1. The highest BCUT2D eigenvalue weighted by Crippen LogP contribution is 2.67. The fourth-order valence-electron chi connectivity index (χ4n) is 9.30. The van der Waals surface area contributed by atoms with Gasteiger partial charge >= 0.3 is 6.16 Å². The molecule has 0 aromatic carbocycles. The van der Waals surface area contributed by atoms with E-state index >= 15 is 0 Å². The average Bonchev–Trinajstić information content (AvgIpc) is 3.21. The molecule has 4 aliphatic rings. The number of hydrogen-bond acceptors (Lipinski definition) is 4. The van der Waals surface area contributed by atoms with Crippen LogP contribution in [0.4, 0.5) is 4.79 Å². The molecule has 0 saturated heterocycles. The van der Waals surface area contributed by atoms with Gasteiger partial charge in [0.1, 0.15) is 6.10 Å². The van der Waals surface area contributed by atoms with Crippen LogP contribution in [0.3, 0.4) is 0 Å². The Morgan fingerprint density at radius 3 is 2.62 bits per heavy atom. The van der Waals surface area contributed by atoms with Crippen molar-refractivity contribution in [2.24, 2.45) is 46.3 Å². The highest BCUT2D eigenvalue weighted by Gasteiger charge is 2.59. The first-order chi connectivity index (χ1) is 17.7. The molecule has 0 heterocycles. The Hall–Kier alpha value is -1.45. The Bertz CT molecular complexity index is 817. The normalized spacial score (nSPS) is 37.6. The molecular weight excluding hydrogens is 460 g/mol. The van der Waals surface area contributed by atoms with Gasteiger partial charge in [0.25, 0.3) is 0 Å². The van der Waals surface area contributed by atoms with Gasteiger partial charge in [0.05, 0.1) is 19.5 Å². The van der Waals surface area contributed by atoms with Gasteiger partial charge in [0, 0.05) is 12.8 Å². The van der Waals surface area contributed by atoms with Gasteiger partial charge in [-0.3, -0.25) is 0 Å². The summed E-state index contributed by atoms with van der Waals surface area (Å²) in [5.74, 6) is 5.10. The van der Waals surface area contributed by atoms with E-state index in [0.29, 0.717) is 25.0 Å². The van der Waals surface area contributed by atoms with E-state index in [1.165, 1.54) is 57.6 Å². The Balaban J connectivity index is 1.34. The Labute approximate surface area is 227 Å². The number of ether oxygens (including phenoxy) is 3. The largest absolute Gasteiger partial charge is 0.508 e. The fraction of sp³-hybridized carbons (Fsp3) is 0.848. The molecular formula is C33H54O4. The van der Waals surface area contributed by atoms with Crippen LogP contribution in [0.5, 0.6) is 0 Å². The van der Waals surface area contributed by atoms with Crippen LogP contribution in [-0.2, 0) is 14.2 Å². The van der Waals surface area contributed by atoms with Crippen molar-refractivity contribution < 1.29 is 19.0 Å². The predicted octanol–water partition coefficient (Wildman–Crippen LogP) is 9.10. The van der Waals surface area contributed by atoms with Crippen LogP contribution in [-0.4, -0.2) is 25.5 Å². The lowest BCUT2D eigenvalue weighted by atomic mass is 9.47. The van der Waals surface area contributed by atoms with Crippen LogP contribution in [0.25, 0.3) is 0 Å². The molecule has 4 rings (SSSR count). The molecule has 0 aliphatic heterocycles. The standard InChI is InChI=1S/C33H54O4/c1-7-35-20-9-21-36-31(34)37-26-16-18-32(5)25(22-26)12-13-27-29-15-14-28(24(4)11-8-10-23(2)3)33(29,6)19-17-30(27)32/h7,12,23-24,26-30H,1,8-11,13-22H2,2-6H3/t24-,26+,27+,28-,29+,30+,32+,33-/m1/s1. The Morgan fingerprint density at radius 2 is 1.86 bits per heavy atom. The molecule has 3 saturated carbocycles. The van der Waals surface area contributed by atoms with Gasteiger partial charge in [-0.1, -0.05) is 72.1 Å². The van der Waals surface area contributed by atoms with E-state index in [2.05, 4.69) is 47.3 Å². The zero-order valence-electron chi connectivity index (χ0n) is 24.4. The lowest BCUT2D eigenvalue weighted by Gasteiger charge is -2.58. The molecule has 210 valence electrons. The summed E-state index contributed by atoms with van der Waals surface area (Å²) < 4.78 is 16.1. The first kappa shape index (κ1) is 28.6. The molecule has 0 N–H and O–H groups in total. The smallest absolute Gasteiger partial charge is 0.502 e. The first-order valence-electron chi connectivity index (χ1n) is 15.4. The summed E-state index contributed by atoms with van der Waals surface area (Å²) in [5, 5.41) is 0. The summed E-state index contributed by atoms with van der Waals surface area (Å²) in [5.41, 5.74) is 2.36. The molecule has 0 unspecified atom stereocenters. The van der Waals surface area contributed by atoms with Crippen molar-refractivity contribution in [3.05, 3.63) is 24.5 Å². The SMILES string of the molecule is C=COCCCOC(=O)O[C@H]1CC[C@@]2(C)C(=CC[C@H]3[C@@H]4CC[C@H]([C@H](C)CCCC(C)C)[C@@]4(C)CC[C@@H]32)C1. The van der Waals surface area contributed by atoms with Gasteiger partial charge in [0.2, 0.25) is 0 Å². The van der Waals surface area contributed by atoms with Crippen LogP contribution in [0.2, 0.25) is 0 Å². The molecule has 8 atom stereocenters. The number of carbonyl (C=O) groups is 1. The van der Waals surface area contributed by atoms with Crippen LogP contribution < -0.4 is 0 Å². The molecule has 4 heteroatoms. The second kappa shape index (κ2) is 12.2. The number of carbonyl (C=O) groups excluding carboxylic acids is 1. The van der Waals surface area contributed by atoms with Crippen molar-refractivity contribution in [1.82, 2.24) is 0 Å². The average molecular weight is 515 g/mol. The van der Waals surface area contributed by atoms with Crippen LogP contribution in [0.1, 0.15) is 112 Å². The third-order valence-electron chi connectivity index (χ3n) is 11.3. The maximum atomic E-state index is 12.2. The second-order valence-electron chi connectivity index (χ2n) is 13.8. The monoisotopic (exact) mass is 514 g/mol. The maximum absolute atomic E-state index is 12.2. The van der Waals surface area contributed by atoms with Gasteiger partial charge in [-0.15, -0.1) is 0 Å². The number of rotatable bonds is 11. The lowest BCUT2D eigenvalue weighted by molar-refractivity contribution is -0.0618. The first-order valence-corrected chi connectivity index (χ1v) is 15.4. The van der Waals surface area contributed by atoms with E-state index in [1.807, 2.05) is 0 Å². The zero-order chi connectivity index (χ0) is 26.6. The summed E-state index contributed by atoms with van der Waals surface area (Å²) >= 11 is 0. The Kier molecular flexibility index (Phi) is 9.39. The molecule has 37 heavy (non-hydrogen) atoms. The van der Waals surface area contributed by atoms with E-state index < -0.39 is 6.16 Å². The van der Waals surface area contributed by atoms with Gasteiger partial charge < -0.3 is 14.2 Å². The minimum absolute atomic E-state index is 0.0517. The van der Waals surface area contributed by atoms with Crippen LogP contribution in [0, 0.1) is 46.3 Å². The Morgan fingerprint density at radius 1 is 1.05 bits per heavy atom. The minimum atomic E-state index is -0.533. The third-order valence-corrected chi connectivity index (χ3v) is 11.3. The predicted molar refractivity (Wildman–Crippen MR) is 150 cm³/mol. The quantitative estimate of drug-likeness (QED) is 0.119. The minimum Gasteiger partial charge on any atom is -0.502 e. The van der Waals surface area contributed by atoms with E-state index in [0.717, 1.165) is 54.8 Å². The summed E-state index contributed by atoms with van der Waals surface area (Å²) in [6, 6.07) is 0. The molecule has 0 spiro atoms. The molecule has 3 fully saturated rings. The van der Waals surface area contributed by atoms with E-state index in [-0.39, 0.29) is 11.5 Å². The molecule has 0 aromatic rings. The van der Waals surface area contributed by atoms with Crippen LogP contribution >= 0.6 is 0 Å². The summed E-state index contributed by atoms with van der Waals surface area (Å²) in [4.78, 5) is 12.2. The highest BCUT2D eigenvalue weighted by molar-refractivity contribution is 5.60. The van der Waals surface area contributed by atoms with E-state index in [4.69, 9.17) is 14.2 Å². The van der Waals surface area contributed by atoms with Crippen LogP contribution in [0.15, 0.2) is 24.5 Å². The van der Waals surface area contributed by atoms with Crippen molar-refractivity contribution in [3.63, 3.8) is 0 Å². The highest BCUT2D eigenvalue weighted by atomic mass is 16.7. The number of fused-ring (bicyclic) bond motifs is 5. The second-order valence-corrected chi connectivity index (χ2v) is 13.8. The van der Waals surface area contributed by atoms with Gasteiger partial charge in [-0.05, 0) is 91.3 Å².